The second-order valence-electron chi connectivity index (χ2n) is 4.11. The van der Waals surface area contributed by atoms with Crippen LogP contribution < -0.4 is 5.32 Å². The summed E-state index contributed by atoms with van der Waals surface area (Å²) in [5.74, 6) is 0. The summed E-state index contributed by atoms with van der Waals surface area (Å²) in [6.07, 6.45) is 0. The standard InChI is InChI=1S/C12H14Cl2N2OS/c1-8-6-9(13)7-10(14)11(8)15-12(18)16-2-4-17-5-3-16/h6-7H,2-5H2,1H3,(H,15,18). The Balaban J connectivity index is 2.11. The van der Waals surface area contributed by atoms with Gasteiger partial charge in [0.25, 0.3) is 0 Å². The minimum atomic E-state index is 0.579. The summed E-state index contributed by atoms with van der Waals surface area (Å²) in [5, 5.41) is 5.06. The van der Waals surface area contributed by atoms with E-state index < -0.39 is 0 Å². The fraction of sp³-hybridized carbons (Fsp3) is 0.417. The van der Waals surface area contributed by atoms with Crippen LogP contribution in [0.25, 0.3) is 0 Å². The summed E-state index contributed by atoms with van der Waals surface area (Å²) in [6.45, 7) is 4.96. The van der Waals surface area contributed by atoms with Gasteiger partial charge in [0.05, 0.1) is 23.9 Å². The van der Waals surface area contributed by atoms with Gasteiger partial charge in [0.1, 0.15) is 0 Å². The Labute approximate surface area is 122 Å². The van der Waals surface area contributed by atoms with Gasteiger partial charge in [-0.3, -0.25) is 0 Å². The van der Waals surface area contributed by atoms with Crippen LogP contribution in [0.1, 0.15) is 5.56 Å². The summed E-state index contributed by atoms with van der Waals surface area (Å²) < 4.78 is 5.29. The number of ether oxygens (including phenoxy) is 1. The number of thiocarbonyl (C=S) groups is 1. The van der Waals surface area contributed by atoms with Gasteiger partial charge in [-0.05, 0) is 36.8 Å². The maximum atomic E-state index is 6.17. The number of aryl methyl sites for hydroxylation is 1. The number of nitrogens with zero attached hydrogens (tertiary/aromatic N) is 1. The van der Waals surface area contributed by atoms with Gasteiger partial charge in [0, 0.05) is 18.1 Å². The monoisotopic (exact) mass is 304 g/mol. The molecular formula is C12H14Cl2N2OS. The van der Waals surface area contributed by atoms with E-state index in [4.69, 9.17) is 40.2 Å². The first-order chi connectivity index (χ1) is 8.58. The molecule has 98 valence electrons. The van der Waals surface area contributed by atoms with E-state index in [2.05, 4.69) is 10.2 Å². The summed E-state index contributed by atoms with van der Waals surface area (Å²) in [7, 11) is 0. The molecule has 6 heteroatoms. The van der Waals surface area contributed by atoms with Crippen LogP contribution in [0.5, 0.6) is 0 Å². The van der Waals surface area contributed by atoms with Crippen molar-refractivity contribution in [1.29, 1.82) is 0 Å². The topological polar surface area (TPSA) is 24.5 Å². The van der Waals surface area contributed by atoms with Crippen LogP contribution in [-0.4, -0.2) is 36.3 Å². The molecule has 1 aliphatic rings. The van der Waals surface area contributed by atoms with E-state index in [1.165, 1.54) is 0 Å². The van der Waals surface area contributed by atoms with Crippen LogP contribution in [0.15, 0.2) is 12.1 Å². The lowest BCUT2D eigenvalue weighted by molar-refractivity contribution is 0.0690. The molecule has 0 aromatic heterocycles. The van der Waals surface area contributed by atoms with Gasteiger partial charge < -0.3 is 15.0 Å². The van der Waals surface area contributed by atoms with Crippen molar-refractivity contribution in [3.05, 3.63) is 27.7 Å². The number of nitrogens with one attached hydrogen (secondary N) is 1. The predicted octanol–water partition coefficient (Wildman–Crippen LogP) is 3.33. The Morgan fingerprint density at radius 1 is 1.33 bits per heavy atom. The summed E-state index contributed by atoms with van der Waals surface area (Å²) in [5.41, 5.74) is 1.79. The first-order valence-corrected chi connectivity index (χ1v) is 6.83. The lowest BCUT2D eigenvalue weighted by Crippen LogP contribution is -2.43. The van der Waals surface area contributed by atoms with Gasteiger partial charge in [-0.15, -0.1) is 0 Å². The molecule has 1 aromatic rings. The van der Waals surface area contributed by atoms with E-state index in [-0.39, 0.29) is 0 Å². The number of hydrogen-bond donors (Lipinski definition) is 1. The minimum absolute atomic E-state index is 0.579. The zero-order valence-electron chi connectivity index (χ0n) is 10.0. The maximum Gasteiger partial charge on any atom is 0.173 e. The fourth-order valence-electron chi connectivity index (χ4n) is 1.81. The van der Waals surface area contributed by atoms with Crippen molar-refractivity contribution in [2.45, 2.75) is 6.92 Å². The number of hydrogen-bond acceptors (Lipinski definition) is 2. The molecule has 1 saturated heterocycles. The Bertz CT molecular complexity index is 438. The number of morpholine rings is 1. The molecular weight excluding hydrogens is 291 g/mol. The maximum absolute atomic E-state index is 6.17. The molecule has 0 amide bonds. The quantitative estimate of drug-likeness (QED) is 0.804. The molecule has 1 N–H and O–H groups in total. The van der Waals surface area contributed by atoms with Gasteiger partial charge in [-0.2, -0.15) is 0 Å². The highest BCUT2D eigenvalue weighted by atomic mass is 35.5. The molecule has 0 aliphatic carbocycles. The first-order valence-electron chi connectivity index (χ1n) is 5.67. The molecule has 1 heterocycles. The molecule has 1 aliphatic heterocycles. The Morgan fingerprint density at radius 3 is 2.61 bits per heavy atom. The molecule has 2 rings (SSSR count). The number of anilines is 1. The summed E-state index contributed by atoms with van der Waals surface area (Å²) >= 11 is 17.5. The fourth-order valence-corrected chi connectivity index (χ4v) is 2.74. The van der Waals surface area contributed by atoms with E-state index in [0.717, 1.165) is 24.3 Å². The second-order valence-corrected chi connectivity index (χ2v) is 5.34. The van der Waals surface area contributed by atoms with Crippen LogP contribution in [-0.2, 0) is 4.74 Å². The third-order valence-electron chi connectivity index (χ3n) is 2.78. The Morgan fingerprint density at radius 2 is 2.00 bits per heavy atom. The van der Waals surface area contributed by atoms with Gasteiger partial charge in [0.2, 0.25) is 0 Å². The van der Waals surface area contributed by atoms with Crippen LogP contribution >= 0.6 is 35.4 Å². The minimum Gasteiger partial charge on any atom is -0.378 e. The third kappa shape index (κ3) is 3.26. The summed E-state index contributed by atoms with van der Waals surface area (Å²) in [4.78, 5) is 2.07. The molecule has 1 fully saturated rings. The molecule has 0 spiro atoms. The zero-order chi connectivity index (χ0) is 13.1. The SMILES string of the molecule is Cc1cc(Cl)cc(Cl)c1NC(=S)N1CCOCC1. The van der Waals surface area contributed by atoms with E-state index in [1.54, 1.807) is 6.07 Å². The van der Waals surface area contributed by atoms with E-state index in [0.29, 0.717) is 28.4 Å². The molecule has 0 radical (unpaired) electrons. The second kappa shape index (κ2) is 6.06. The first kappa shape index (κ1) is 13.9. The molecule has 1 aromatic carbocycles. The van der Waals surface area contributed by atoms with Gasteiger partial charge in [-0.1, -0.05) is 23.2 Å². The van der Waals surface area contributed by atoms with Crippen LogP contribution in [0, 0.1) is 6.92 Å². The molecule has 0 atom stereocenters. The van der Waals surface area contributed by atoms with Gasteiger partial charge in [0.15, 0.2) is 5.11 Å². The number of rotatable bonds is 1. The van der Waals surface area contributed by atoms with E-state index >= 15 is 0 Å². The average molecular weight is 305 g/mol. The number of halogens is 2. The highest BCUT2D eigenvalue weighted by Crippen LogP contribution is 2.29. The molecule has 18 heavy (non-hydrogen) atoms. The predicted molar refractivity (Wildman–Crippen MR) is 79.8 cm³/mol. The van der Waals surface area contributed by atoms with Crippen molar-refractivity contribution >= 4 is 46.2 Å². The van der Waals surface area contributed by atoms with Gasteiger partial charge >= 0.3 is 0 Å². The van der Waals surface area contributed by atoms with Crippen molar-refractivity contribution in [3.63, 3.8) is 0 Å². The molecule has 0 unspecified atom stereocenters. The van der Waals surface area contributed by atoms with E-state index in [9.17, 15) is 0 Å². The Kier molecular flexibility index (Phi) is 4.67. The third-order valence-corrected chi connectivity index (χ3v) is 3.66. The van der Waals surface area contributed by atoms with Crippen molar-refractivity contribution < 1.29 is 4.74 Å². The van der Waals surface area contributed by atoms with Crippen molar-refractivity contribution in [2.24, 2.45) is 0 Å². The highest BCUT2D eigenvalue weighted by Gasteiger charge is 2.15. The van der Waals surface area contributed by atoms with E-state index in [1.807, 2.05) is 13.0 Å². The lowest BCUT2D eigenvalue weighted by atomic mass is 10.2. The molecule has 0 saturated carbocycles. The Hall–Kier alpha value is -0.550. The van der Waals surface area contributed by atoms with Gasteiger partial charge in [-0.25, -0.2) is 0 Å². The molecule has 3 nitrogen and oxygen atoms in total. The van der Waals surface area contributed by atoms with Crippen molar-refractivity contribution in [3.8, 4) is 0 Å². The normalized spacial score (nSPS) is 15.6. The van der Waals surface area contributed by atoms with Crippen molar-refractivity contribution in [2.75, 3.05) is 31.6 Å². The lowest BCUT2D eigenvalue weighted by Gasteiger charge is -2.29. The smallest absolute Gasteiger partial charge is 0.173 e. The molecule has 0 bridgehead atoms. The largest absolute Gasteiger partial charge is 0.378 e. The summed E-state index contributed by atoms with van der Waals surface area (Å²) in [6, 6.07) is 3.57. The number of benzene rings is 1. The zero-order valence-corrected chi connectivity index (χ0v) is 12.3. The highest BCUT2D eigenvalue weighted by molar-refractivity contribution is 7.80. The van der Waals surface area contributed by atoms with Crippen LogP contribution in [0.2, 0.25) is 10.0 Å². The van der Waals surface area contributed by atoms with Crippen LogP contribution in [0.4, 0.5) is 5.69 Å². The van der Waals surface area contributed by atoms with Crippen molar-refractivity contribution in [1.82, 2.24) is 4.90 Å². The van der Waals surface area contributed by atoms with Crippen LogP contribution in [0.3, 0.4) is 0 Å². The average Bonchev–Trinajstić information content (AvgIpc) is 2.34.